The summed E-state index contributed by atoms with van der Waals surface area (Å²) < 4.78 is 0. The third-order valence-corrected chi connectivity index (χ3v) is 6.54. The van der Waals surface area contributed by atoms with Crippen LogP contribution in [0.3, 0.4) is 0 Å². The maximum atomic E-state index is 13.3. The molecular weight excluding hydrogens is 413 g/mol. The van der Waals surface area contributed by atoms with Gasteiger partial charge >= 0.3 is 0 Å². The number of nitrogens with zero attached hydrogens (tertiary/aromatic N) is 3. The van der Waals surface area contributed by atoms with Crippen LogP contribution in [-0.2, 0) is 0 Å². The predicted octanol–water partition coefficient (Wildman–Crippen LogP) is 2.17. The van der Waals surface area contributed by atoms with E-state index in [2.05, 4.69) is 10.3 Å². The van der Waals surface area contributed by atoms with Crippen molar-refractivity contribution in [2.45, 2.75) is 25.3 Å². The van der Waals surface area contributed by atoms with Crippen LogP contribution in [0.15, 0.2) is 48.8 Å². The molecule has 8 heteroatoms. The Bertz CT molecular complexity index is 1220. The molecule has 0 unspecified atom stereocenters. The number of hydrogen-bond acceptors (Lipinski definition) is 5. The Kier molecular flexibility index (Phi) is 5.66. The molecule has 2 aromatic carbocycles. The normalized spacial score (nSPS) is 18.1. The van der Waals surface area contributed by atoms with E-state index in [4.69, 9.17) is 13.6 Å². The molecule has 166 valence electrons. The number of fused-ring (bicyclic) bond motifs is 1. The first-order valence-corrected chi connectivity index (χ1v) is 11.4. The summed E-state index contributed by atoms with van der Waals surface area (Å²) >= 11 is 0. The van der Waals surface area contributed by atoms with Crippen LogP contribution in [0.25, 0.3) is 10.8 Å². The zero-order valence-corrected chi connectivity index (χ0v) is 18.5. The van der Waals surface area contributed by atoms with Gasteiger partial charge in [-0.05, 0) is 30.7 Å². The molecule has 1 atom stereocenters. The number of nitrogen functional groups attached to an aromatic ring is 1. The molecule has 0 aliphatic carbocycles. The average molecular weight is 439 g/mol. The van der Waals surface area contributed by atoms with Gasteiger partial charge in [0.05, 0.1) is 22.5 Å². The van der Waals surface area contributed by atoms with Crippen LogP contribution in [0, 0.1) is 0 Å². The molecule has 3 aromatic rings. The highest BCUT2D eigenvalue weighted by Gasteiger charge is 2.30. The molecule has 5 rings (SSSR count). The van der Waals surface area contributed by atoms with Crippen LogP contribution in [0.1, 0.15) is 40.0 Å². The number of anilines is 2. The van der Waals surface area contributed by atoms with Crippen molar-refractivity contribution in [2.75, 3.05) is 37.2 Å². The molecule has 7 nitrogen and oxygen atoms in total. The van der Waals surface area contributed by atoms with E-state index in [1.165, 1.54) is 0 Å². The molecule has 2 aliphatic rings. The van der Waals surface area contributed by atoms with Crippen LogP contribution < -0.4 is 16.5 Å². The zero-order chi connectivity index (χ0) is 22.9. The van der Waals surface area contributed by atoms with Gasteiger partial charge in [0.1, 0.15) is 7.85 Å². The van der Waals surface area contributed by atoms with Crippen molar-refractivity contribution in [2.24, 2.45) is 0 Å². The van der Waals surface area contributed by atoms with Gasteiger partial charge in [-0.15, -0.1) is 0 Å². The Morgan fingerprint density at radius 1 is 1.00 bits per heavy atom. The van der Waals surface area contributed by atoms with E-state index < -0.39 is 0 Å². The summed E-state index contributed by atoms with van der Waals surface area (Å²) in [5.74, 6) is -0.0935. The van der Waals surface area contributed by atoms with E-state index >= 15 is 0 Å². The second-order valence-corrected chi connectivity index (χ2v) is 8.82. The molecule has 2 radical (unpaired) electrons. The third-order valence-electron chi connectivity index (χ3n) is 6.54. The van der Waals surface area contributed by atoms with Gasteiger partial charge in [0.25, 0.3) is 11.8 Å². The Labute approximate surface area is 194 Å². The summed E-state index contributed by atoms with van der Waals surface area (Å²) in [5.41, 5.74) is 8.90. The quantitative estimate of drug-likeness (QED) is 0.481. The van der Waals surface area contributed by atoms with Crippen molar-refractivity contribution in [3.05, 3.63) is 59.9 Å². The highest BCUT2D eigenvalue weighted by atomic mass is 16.2. The van der Waals surface area contributed by atoms with Gasteiger partial charge < -0.3 is 20.9 Å². The summed E-state index contributed by atoms with van der Waals surface area (Å²) in [4.78, 5) is 34.3. The van der Waals surface area contributed by atoms with Crippen molar-refractivity contribution in [1.29, 1.82) is 0 Å². The van der Waals surface area contributed by atoms with Gasteiger partial charge in [0.15, 0.2) is 0 Å². The fourth-order valence-corrected chi connectivity index (χ4v) is 4.83. The van der Waals surface area contributed by atoms with E-state index in [1.807, 2.05) is 34.1 Å². The Morgan fingerprint density at radius 2 is 1.76 bits per heavy atom. The molecule has 33 heavy (non-hydrogen) atoms. The number of rotatable bonds is 4. The van der Waals surface area contributed by atoms with Gasteiger partial charge in [-0.3, -0.25) is 14.6 Å². The third kappa shape index (κ3) is 4.13. The number of amides is 2. The molecule has 2 aliphatic heterocycles. The second kappa shape index (κ2) is 8.77. The number of hydrogen-bond donors (Lipinski definition) is 2. The van der Waals surface area contributed by atoms with Crippen molar-refractivity contribution in [1.82, 2.24) is 14.8 Å². The summed E-state index contributed by atoms with van der Waals surface area (Å²) in [5, 5.41) is 5.29. The number of aromatic nitrogens is 1. The van der Waals surface area contributed by atoms with Gasteiger partial charge in [0.2, 0.25) is 0 Å². The fraction of sp³-hybridized carbons (Fsp3) is 0.320. The number of pyridine rings is 1. The van der Waals surface area contributed by atoms with Crippen molar-refractivity contribution in [3.63, 3.8) is 0 Å². The monoisotopic (exact) mass is 439 g/mol. The minimum Gasteiger partial charge on any atom is -0.397 e. The zero-order valence-electron chi connectivity index (χ0n) is 18.5. The fourth-order valence-electron chi connectivity index (χ4n) is 4.83. The first kappa shape index (κ1) is 21.3. The maximum absolute atomic E-state index is 13.3. The minimum atomic E-state index is -0.0539. The average Bonchev–Trinajstić information content (AvgIpc) is 3.52. The highest BCUT2D eigenvalue weighted by molar-refractivity contribution is 6.33. The van der Waals surface area contributed by atoms with Gasteiger partial charge in [-0.2, -0.15) is 0 Å². The largest absolute Gasteiger partial charge is 0.397 e. The summed E-state index contributed by atoms with van der Waals surface area (Å²) in [6.45, 7) is 2.63. The van der Waals surface area contributed by atoms with E-state index in [0.29, 0.717) is 41.1 Å². The molecule has 2 amide bonds. The van der Waals surface area contributed by atoms with Gasteiger partial charge in [-0.1, -0.05) is 35.8 Å². The SMILES string of the molecule is [B]c1cc(N)c(N[C@@H]2CCN(C(=O)c3cncc4ccccc34)C2)c(C(=O)N2CCCC2)c1. The Hall–Kier alpha value is -3.55. The number of likely N-dealkylation sites (tertiary alicyclic amines) is 2. The lowest BCUT2D eigenvalue weighted by Crippen LogP contribution is -2.33. The molecule has 2 saturated heterocycles. The Balaban J connectivity index is 1.35. The van der Waals surface area contributed by atoms with Crippen molar-refractivity contribution >= 4 is 47.3 Å². The van der Waals surface area contributed by atoms with Crippen molar-refractivity contribution < 1.29 is 9.59 Å². The van der Waals surface area contributed by atoms with E-state index in [-0.39, 0.29) is 17.9 Å². The molecule has 1 aromatic heterocycles. The van der Waals surface area contributed by atoms with E-state index in [0.717, 1.165) is 43.1 Å². The minimum absolute atomic E-state index is 0.0204. The van der Waals surface area contributed by atoms with E-state index in [1.54, 1.807) is 24.5 Å². The molecule has 0 saturated carbocycles. The van der Waals surface area contributed by atoms with E-state index in [9.17, 15) is 9.59 Å². The summed E-state index contributed by atoms with van der Waals surface area (Å²) in [6.07, 6.45) is 6.18. The highest BCUT2D eigenvalue weighted by Crippen LogP contribution is 2.28. The number of nitrogens with two attached hydrogens (primary N) is 1. The van der Waals surface area contributed by atoms with Crippen LogP contribution in [0.2, 0.25) is 0 Å². The van der Waals surface area contributed by atoms with Gasteiger partial charge in [0, 0.05) is 50.0 Å². The first-order chi connectivity index (χ1) is 16.0. The summed E-state index contributed by atoms with van der Waals surface area (Å²) in [6, 6.07) is 11.1. The topological polar surface area (TPSA) is 91.6 Å². The van der Waals surface area contributed by atoms with Crippen LogP contribution in [0.4, 0.5) is 11.4 Å². The number of carbonyl (C=O) groups excluding carboxylic acids is 2. The maximum Gasteiger partial charge on any atom is 0.256 e. The number of carbonyl (C=O) groups is 2. The van der Waals surface area contributed by atoms with Crippen LogP contribution >= 0.6 is 0 Å². The van der Waals surface area contributed by atoms with Gasteiger partial charge in [-0.25, -0.2) is 0 Å². The summed E-state index contributed by atoms with van der Waals surface area (Å²) in [7, 11) is 6.01. The van der Waals surface area contributed by atoms with Crippen LogP contribution in [0.5, 0.6) is 0 Å². The standard InChI is InChI=1S/C25H26BN5O2/c26-17-11-20(24(32)30-8-3-4-9-30)23(22(27)12-17)29-18-7-10-31(15-18)25(33)21-14-28-13-16-5-1-2-6-19(16)21/h1-2,5-6,11-14,18,29H,3-4,7-10,15,27H2/t18-/m1/s1. The predicted molar refractivity (Wildman–Crippen MR) is 131 cm³/mol. The van der Waals surface area contributed by atoms with Crippen LogP contribution in [-0.4, -0.2) is 66.7 Å². The first-order valence-electron chi connectivity index (χ1n) is 11.4. The number of benzene rings is 2. The Morgan fingerprint density at radius 3 is 2.58 bits per heavy atom. The lowest BCUT2D eigenvalue weighted by Gasteiger charge is -2.23. The molecule has 3 N–H and O–H groups in total. The molecular formula is C25H26BN5O2. The molecule has 2 fully saturated rings. The number of nitrogens with one attached hydrogen (secondary N) is 1. The molecule has 3 heterocycles. The van der Waals surface area contributed by atoms with Crippen molar-refractivity contribution in [3.8, 4) is 0 Å². The second-order valence-electron chi connectivity index (χ2n) is 8.82. The molecule has 0 spiro atoms. The smallest absolute Gasteiger partial charge is 0.256 e. The lowest BCUT2D eigenvalue weighted by molar-refractivity contribution is 0.0784. The lowest BCUT2D eigenvalue weighted by atomic mass is 9.92. The molecule has 0 bridgehead atoms.